The van der Waals surface area contributed by atoms with Crippen LogP contribution in [0.25, 0.3) is 0 Å². The van der Waals surface area contributed by atoms with Gasteiger partial charge in [0, 0.05) is 29.1 Å². The summed E-state index contributed by atoms with van der Waals surface area (Å²) in [6.45, 7) is 0.751. The highest BCUT2D eigenvalue weighted by molar-refractivity contribution is 8.06. The maximum Gasteiger partial charge on any atom is 0.233 e. The van der Waals surface area contributed by atoms with Crippen molar-refractivity contribution in [2.75, 3.05) is 23.8 Å². The van der Waals surface area contributed by atoms with Crippen LogP contribution in [0.2, 0.25) is 0 Å². The number of nitrogens with one attached hydrogen (secondary N) is 1. The van der Waals surface area contributed by atoms with Gasteiger partial charge in [-0.25, -0.2) is 0 Å². The summed E-state index contributed by atoms with van der Waals surface area (Å²) in [6.07, 6.45) is 2.69. The highest BCUT2D eigenvalue weighted by atomic mass is 32.2. The van der Waals surface area contributed by atoms with Crippen LogP contribution in [0.15, 0.2) is 0 Å². The number of thioether (sulfide) groups is 2. The number of rotatable bonds is 4. The second-order valence-corrected chi connectivity index (χ2v) is 7.58. The Kier molecular flexibility index (Phi) is 4.60. The molecule has 3 N–H and O–H groups in total. The molecular weight excluding hydrogens is 272 g/mol. The smallest absolute Gasteiger partial charge is 0.233 e. The maximum atomic E-state index is 12.1. The zero-order valence-electron chi connectivity index (χ0n) is 9.74. The molecule has 0 aromatic heterocycles. The predicted molar refractivity (Wildman–Crippen MR) is 79.7 cm³/mol. The Hall–Kier alpha value is 0.0600. The van der Waals surface area contributed by atoms with Crippen molar-refractivity contribution in [1.82, 2.24) is 5.32 Å². The zero-order chi connectivity index (χ0) is 12.3. The molecule has 1 saturated carbocycles. The van der Waals surface area contributed by atoms with E-state index in [1.54, 1.807) is 0 Å². The van der Waals surface area contributed by atoms with Crippen LogP contribution < -0.4 is 11.1 Å². The van der Waals surface area contributed by atoms with Gasteiger partial charge in [-0.2, -0.15) is 23.5 Å². The molecule has 1 unspecified atom stereocenters. The molecule has 0 radical (unpaired) electrons. The summed E-state index contributed by atoms with van der Waals surface area (Å²) in [5.74, 6) is 3.59. The van der Waals surface area contributed by atoms with Crippen molar-refractivity contribution in [3.63, 3.8) is 0 Å². The van der Waals surface area contributed by atoms with Crippen molar-refractivity contribution in [2.45, 2.75) is 24.5 Å². The minimum absolute atomic E-state index is 0.0485. The molecule has 0 aromatic rings. The van der Waals surface area contributed by atoms with Crippen molar-refractivity contribution in [2.24, 2.45) is 11.1 Å². The lowest BCUT2D eigenvalue weighted by Crippen LogP contribution is -2.54. The molecule has 1 aliphatic carbocycles. The third-order valence-electron chi connectivity index (χ3n) is 3.49. The number of carbonyl (C=O) groups is 1. The van der Waals surface area contributed by atoms with Gasteiger partial charge < -0.3 is 11.1 Å². The first-order valence-electron chi connectivity index (χ1n) is 5.93. The molecule has 2 fully saturated rings. The van der Waals surface area contributed by atoms with E-state index in [0.29, 0.717) is 10.2 Å². The van der Waals surface area contributed by atoms with Crippen LogP contribution in [-0.2, 0) is 4.79 Å². The lowest BCUT2D eigenvalue weighted by atomic mass is 9.68. The molecule has 1 amide bonds. The first-order valence-corrected chi connectivity index (χ1v) is 8.54. The Morgan fingerprint density at radius 2 is 2.24 bits per heavy atom. The van der Waals surface area contributed by atoms with Crippen molar-refractivity contribution >= 4 is 46.6 Å². The van der Waals surface area contributed by atoms with E-state index in [1.807, 2.05) is 23.5 Å². The molecule has 0 aromatic carbocycles. The molecule has 2 aliphatic rings. The molecular formula is C11H18N2OS3. The van der Waals surface area contributed by atoms with Crippen LogP contribution in [0.4, 0.5) is 0 Å². The third-order valence-corrected chi connectivity index (χ3v) is 6.72. The van der Waals surface area contributed by atoms with Gasteiger partial charge in [0.2, 0.25) is 5.91 Å². The Morgan fingerprint density at radius 3 is 2.71 bits per heavy atom. The SMILES string of the molecule is NC(=S)C1(C(=O)NCC2CSCCS2)CCC1. The molecule has 0 spiro atoms. The summed E-state index contributed by atoms with van der Waals surface area (Å²) >= 11 is 8.95. The van der Waals surface area contributed by atoms with Gasteiger partial charge in [-0.1, -0.05) is 18.6 Å². The second kappa shape index (κ2) is 5.80. The number of hydrogen-bond donors (Lipinski definition) is 2. The van der Waals surface area contributed by atoms with Gasteiger partial charge in [-0.05, 0) is 12.8 Å². The molecule has 96 valence electrons. The highest BCUT2D eigenvalue weighted by Gasteiger charge is 2.46. The lowest BCUT2D eigenvalue weighted by Gasteiger charge is -2.39. The molecule has 6 heteroatoms. The topological polar surface area (TPSA) is 55.1 Å². The fourth-order valence-corrected chi connectivity index (χ4v) is 5.05. The second-order valence-electron chi connectivity index (χ2n) is 4.58. The van der Waals surface area contributed by atoms with Crippen LogP contribution >= 0.6 is 35.7 Å². The average molecular weight is 290 g/mol. The fourth-order valence-electron chi connectivity index (χ4n) is 2.15. The van der Waals surface area contributed by atoms with Crippen LogP contribution in [0.3, 0.4) is 0 Å². The van der Waals surface area contributed by atoms with E-state index in [-0.39, 0.29) is 5.91 Å². The molecule has 1 saturated heterocycles. The Morgan fingerprint density at radius 1 is 1.47 bits per heavy atom. The van der Waals surface area contributed by atoms with Gasteiger partial charge in [0.1, 0.15) is 0 Å². The van der Waals surface area contributed by atoms with Crippen LogP contribution in [-0.4, -0.2) is 39.9 Å². The Balaban J connectivity index is 1.82. The first-order chi connectivity index (χ1) is 8.15. The van der Waals surface area contributed by atoms with Gasteiger partial charge in [-0.3, -0.25) is 4.79 Å². The van der Waals surface area contributed by atoms with Crippen molar-refractivity contribution in [3.8, 4) is 0 Å². The number of nitrogens with two attached hydrogens (primary N) is 1. The average Bonchev–Trinajstić information content (AvgIpc) is 2.25. The first kappa shape index (κ1) is 13.5. The van der Waals surface area contributed by atoms with E-state index >= 15 is 0 Å². The Labute approximate surface area is 116 Å². The lowest BCUT2D eigenvalue weighted by molar-refractivity contribution is -0.130. The molecule has 1 atom stereocenters. The largest absolute Gasteiger partial charge is 0.392 e. The molecule has 17 heavy (non-hydrogen) atoms. The predicted octanol–water partition coefficient (Wildman–Crippen LogP) is 1.41. The molecule has 2 rings (SSSR count). The van der Waals surface area contributed by atoms with Gasteiger partial charge in [-0.15, -0.1) is 0 Å². The number of amides is 1. The van der Waals surface area contributed by atoms with Crippen LogP contribution in [0.5, 0.6) is 0 Å². The standard InChI is InChI=1S/C11H18N2OS3/c12-9(15)11(2-1-3-11)10(14)13-6-8-7-16-4-5-17-8/h8H,1-7H2,(H2,12,15)(H,13,14). The highest BCUT2D eigenvalue weighted by Crippen LogP contribution is 2.41. The van der Waals surface area contributed by atoms with Gasteiger partial charge >= 0.3 is 0 Å². The minimum Gasteiger partial charge on any atom is -0.392 e. The number of hydrogen-bond acceptors (Lipinski definition) is 4. The van der Waals surface area contributed by atoms with Crippen LogP contribution in [0.1, 0.15) is 19.3 Å². The van der Waals surface area contributed by atoms with Gasteiger partial charge in [0.15, 0.2) is 0 Å². The summed E-state index contributed by atoms with van der Waals surface area (Å²) in [4.78, 5) is 12.5. The minimum atomic E-state index is -0.526. The molecule has 3 nitrogen and oxygen atoms in total. The maximum absolute atomic E-state index is 12.1. The summed E-state index contributed by atoms with van der Waals surface area (Å²) < 4.78 is 0. The quantitative estimate of drug-likeness (QED) is 0.767. The van der Waals surface area contributed by atoms with E-state index in [2.05, 4.69) is 5.32 Å². The van der Waals surface area contributed by atoms with Gasteiger partial charge in [0.25, 0.3) is 0 Å². The monoisotopic (exact) mass is 290 g/mol. The number of thiocarbonyl (C=S) groups is 1. The molecule has 0 bridgehead atoms. The number of carbonyl (C=O) groups excluding carboxylic acids is 1. The summed E-state index contributed by atoms with van der Waals surface area (Å²) in [5.41, 5.74) is 5.18. The van der Waals surface area contributed by atoms with Crippen molar-refractivity contribution < 1.29 is 4.79 Å². The van der Waals surface area contributed by atoms with E-state index < -0.39 is 5.41 Å². The van der Waals surface area contributed by atoms with Gasteiger partial charge in [0.05, 0.1) is 10.4 Å². The van der Waals surface area contributed by atoms with E-state index in [1.165, 1.54) is 11.5 Å². The van der Waals surface area contributed by atoms with E-state index in [4.69, 9.17) is 18.0 Å². The fraction of sp³-hybridized carbons (Fsp3) is 0.818. The molecule has 1 heterocycles. The van der Waals surface area contributed by atoms with E-state index in [9.17, 15) is 4.79 Å². The van der Waals surface area contributed by atoms with Crippen molar-refractivity contribution in [3.05, 3.63) is 0 Å². The van der Waals surface area contributed by atoms with Crippen molar-refractivity contribution in [1.29, 1.82) is 0 Å². The zero-order valence-corrected chi connectivity index (χ0v) is 12.2. The normalized spacial score (nSPS) is 26.9. The summed E-state index contributed by atoms with van der Waals surface area (Å²) in [5, 5.41) is 3.58. The summed E-state index contributed by atoms with van der Waals surface area (Å²) in [7, 11) is 0. The summed E-state index contributed by atoms with van der Waals surface area (Å²) in [6, 6.07) is 0. The van der Waals surface area contributed by atoms with E-state index in [0.717, 1.165) is 31.6 Å². The third kappa shape index (κ3) is 2.90. The van der Waals surface area contributed by atoms with Crippen LogP contribution in [0, 0.1) is 5.41 Å². The molecule has 1 aliphatic heterocycles. The Bertz CT molecular complexity index is 312.